The Balaban J connectivity index is 1.87. The molecule has 0 radical (unpaired) electrons. The fourth-order valence-electron chi connectivity index (χ4n) is 2.55. The molecule has 128 valence electrons. The van der Waals surface area contributed by atoms with Crippen LogP contribution >= 0.6 is 23.2 Å². The number of halogens is 2. The van der Waals surface area contributed by atoms with Gasteiger partial charge in [0.1, 0.15) is 12.4 Å². The van der Waals surface area contributed by atoms with E-state index in [0.717, 1.165) is 0 Å². The summed E-state index contributed by atoms with van der Waals surface area (Å²) in [6.45, 7) is 2.29. The maximum atomic E-state index is 12.6. The third kappa shape index (κ3) is 3.86. The van der Waals surface area contributed by atoms with Crippen LogP contribution in [-0.4, -0.2) is 24.8 Å². The maximum Gasteiger partial charge on any atom is 0.251 e. The van der Waals surface area contributed by atoms with E-state index in [1.165, 1.54) is 13.0 Å². The van der Waals surface area contributed by atoms with Crippen LogP contribution < -0.4 is 9.64 Å². The van der Waals surface area contributed by atoms with Crippen LogP contribution in [0.5, 0.6) is 5.75 Å². The highest BCUT2D eigenvalue weighted by Crippen LogP contribution is 2.33. The summed E-state index contributed by atoms with van der Waals surface area (Å²) in [5.41, 5.74) is 1.83. The van der Waals surface area contributed by atoms with Gasteiger partial charge < -0.3 is 9.64 Å². The number of Topliss-reactive ketones (excluding diaryl/α,β-unsaturated/α-hetero) is 1. The van der Waals surface area contributed by atoms with Crippen molar-refractivity contribution in [2.75, 3.05) is 18.1 Å². The summed E-state index contributed by atoms with van der Waals surface area (Å²) in [6, 6.07) is 10.2. The van der Waals surface area contributed by atoms with E-state index in [1.807, 2.05) is 0 Å². The molecule has 1 aliphatic rings. The summed E-state index contributed by atoms with van der Waals surface area (Å²) in [7, 11) is 0. The Morgan fingerprint density at radius 3 is 2.68 bits per heavy atom. The molecular formula is C19H15Cl2NO3. The van der Waals surface area contributed by atoms with Gasteiger partial charge in [-0.3, -0.25) is 9.59 Å². The number of carbonyl (C=O) groups excluding carboxylic acids is 2. The molecule has 1 heterocycles. The van der Waals surface area contributed by atoms with E-state index in [-0.39, 0.29) is 11.7 Å². The number of amides is 1. The number of carbonyl (C=O) groups is 2. The van der Waals surface area contributed by atoms with E-state index in [0.29, 0.717) is 45.8 Å². The van der Waals surface area contributed by atoms with E-state index < -0.39 is 0 Å². The molecule has 0 N–H and O–H groups in total. The van der Waals surface area contributed by atoms with Crippen molar-refractivity contribution in [3.63, 3.8) is 0 Å². The molecule has 0 fully saturated rings. The molecule has 0 unspecified atom stereocenters. The number of ketones is 1. The number of anilines is 1. The second-order valence-electron chi connectivity index (χ2n) is 5.58. The first kappa shape index (κ1) is 17.5. The molecule has 4 nitrogen and oxygen atoms in total. The Labute approximate surface area is 155 Å². The van der Waals surface area contributed by atoms with Crippen LogP contribution in [0.2, 0.25) is 10.0 Å². The third-order valence-electron chi connectivity index (χ3n) is 3.86. The molecule has 3 rings (SSSR count). The zero-order chi connectivity index (χ0) is 18.0. The van der Waals surface area contributed by atoms with Crippen molar-refractivity contribution in [3.8, 4) is 5.75 Å². The summed E-state index contributed by atoms with van der Waals surface area (Å²) in [4.78, 5) is 25.8. The first-order valence-corrected chi connectivity index (χ1v) is 8.44. The number of benzene rings is 2. The predicted octanol–water partition coefficient (Wildman–Crippen LogP) is 4.63. The molecule has 0 bridgehead atoms. The fourth-order valence-corrected chi connectivity index (χ4v) is 3.02. The van der Waals surface area contributed by atoms with Gasteiger partial charge in [-0.1, -0.05) is 29.3 Å². The average Bonchev–Trinajstić information content (AvgIpc) is 2.59. The molecule has 1 amide bonds. The first-order valence-electron chi connectivity index (χ1n) is 7.68. The molecule has 0 spiro atoms. The van der Waals surface area contributed by atoms with Gasteiger partial charge in [0, 0.05) is 21.7 Å². The number of fused-ring (bicyclic) bond motifs is 1. The molecule has 0 saturated heterocycles. The van der Waals surface area contributed by atoms with Gasteiger partial charge in [0.2, 0.25) is 0 Å². The molecule has 0 atom stereocenters. The van der Waals surface area contributed by atoms with Gasteiger partial charge in [-0.2, -0.15) is 0 Å². The van der Waals surface area contributed by atoms with Crippen molar-refractivity contribution >= 4 is 46.7 Å². The van der Waals surface area contributed by atoms with Crippen LogP contribution in [0.3, 0.4) is 0 Å². The molecule has 1 aliphatic heterocycles. The summed E-state index contributed by atoms with van der Waals surface area (Å²) < 4.78 is 5.57. The highest BCUT2D eigenvalue weighted by molar-refractivity contribution is 6.35. The Kier molecular flexibility index (Phi) is 5.11. The van der Waals surface area contributed by atoms with Crippen molar-refractivity contribution in [1.29, 1.82) is 0 Å². The van der Waals surface area contributed by atoms with Gasteiger partial charge >= 0.3 is 0 Å². The standard InChI is InChI=1S/C19H15Cl2NO3/c1-12(23)14-3-6-18-17(10-14)22(8-9-25-18)19(24)7-4-13-2-5-15(20)11-16(13)21/h2-7,10-11H,8-9H2,1H3/b7-4+. The Hall–Kier alpha value is -2.30. The monoisotopic (exact) mass is 375 g/mol. The highest BCUT2D eigenvalue weighted by Gasteiger charge is 2.23. The number of hydrogen-bond donors (Lipinski definition) is 0. The quantitative estimate of drug-likeness (QED) is 0.580. The zero-order valence-corrected chi connectivity index (χ0v) is 15.0. The average molecular weight is 376 g/mol. The highest BCUT2D eigenvalue weighted by atomic mass is 35.5. The molecule has 2 aromatic rings. The first-order chi connectivity index (χ1) is 12.0. The van der Waals surface area contributed by atoms with Gasteiger partial charge in [0.25, 0.3) is 5.91 Å². The lowest BCUT2D eigenvalue weighted by molar-refractivity contribution is -0.114. The second kappa shape index (κ2) is 7.30. The van der Waals surface area contributed by atoms with Crippen LogP contribution in [0.1, 0.15) is 22.8 Å². The topological polar surface area (TPSA) is 46.6 Å². The van der Waals surface area contributed by atoms with Crippen molar-refractivity contribution in [3.05, 3.63) is 63.6 Å². The minimum atomic E-state index is -0.212. The largest absolute Gasteiger partial charge is 0.490 e. The van der Waals surface area contributed by atoms with Crippen molar-refractivity contribution in [2.45, 2.75) is 6.92 Å². The van der Waals surface area contributed by atoms with Crippen LogP contribution in [-0.2, 0) is 4.79 Å². The molecular weight excluding hydrogens is 361 g/mol. The van der Waals surface area contributed by atoms with Gasteiger partial charge in [-0.25, -0.2) is 0 Å². The molecule has 25 heavy (non-hydrogen) atoms. The Bertz CT molecular complexity index is 877. The summed E-state index contributed by atoms with van der Waals surface area (Å²) in [5, 5.41) is 1.00. The molecule has 0 aromatic heterocycles. The molecule has 2 aromatic carbocycles. The zero-order valence-electron chi connectivity index (χ0n) is 13.5. The molecule has 6 heteroatoms. The summed E-state index contributed by atoms with van der Waals surface area (Å²) >= 11 is 12.0. The lowest BCUT2D eigenvalue weighted by Gasteiger charge is -2.29. The van der Waals surface area contributed by atoms with Gasteiger partial charge in [-0.05, 0) is 48.9 Å². The Morgan fingerprint density at radius 1 is 1.16 bits per heavy atom. The Morgan fingerprint density at radius 2 is 1.96 bits per heavy atom. The van der Waals surface area contributed by atoms with E-state index in [1.54, 1.807) is 47.4 Å². The van der Waals surface area contributed by atoms with Gasteiger partial charge in [0.15, 0.2) is 5.78 Å². The summed E-state index contributed by atoms with van der Waals surface area (Å²) in [6.07, 6.45) is 3.09. The van der Waals surface area contributed by atoms with E-state index in [4.69, 9.17) is 27.9 Å². The van der Waals surface area contributed by atoms with Crippen LogP contribution in [0.4, 0.5) is 5.69 Å². The van der Waals surface area contributed by atoms with Crippen LogP contribution in [0, 0.1) is 0 Å². The van der Waals surface area contributed by atoms with Crippen LogP contribution in [0.15, 0.2) is 42.5 Å². The van der Waals surface area contributed by atoms with E-state index in [9.17, 15) is 9.59 Å². The summed E-state index contributed by atoms with van der Waals surface area (Å²) in [5.74, 6) is 0.308. The number of nitrogens with zero attached hydrogens (tertiary/aromatic N) is 1. The minimum Gasteiger partial charge on any atom is -0.490 e. The van der Waals surface area contributed by atoms with Gasteiger partial charge in [0.05, 0.1) is 12.2 Å². The van der Waals surface area contributed by atoms with Crippen molar-refractivity contribution < 1.29 is 14.3 Å². The minimum absolute atomic E-state index is 0.0655. The normalized spacial score (nSPS) is 13.5. The number of hydrogen-bond acceptors (Lipinski definition) is 3. The van der Waals surface area contributed by atoms with E-state index in [2.05, 4.69) is 0 Å². The lowest BCUT2D eigenvalue weighted by atomic mass is 10.1. The smallest absolute Gasteiger partial charge is 0.251 e. The SMILES string of the molecule is CC(=O)c1ccc2c(c1)N(C(=O)/C=C/c1ccc(Cl)cc1Cl)CCO2. The van der Waals surface area contributed by atoms with Crippen molar-refractivity contribution in [1.82, 2.24) is 0 Å². The number of rotatable bonds is 3. The lowest BCUT2D eigenvalue weighted by Crippen LogP contribution is -2.37. The van der Waals surface area contributed by atoms with Crippen LogP contribution in [0.25, 0.3) is 6.08 Å². The van der Waals surface area contributed by atoms with Gasteiger partial charge in [-0.15, -0.1) is 0 Å². The second-order valence-corrected chi connectivity index (χ2v) is 6.42. The number of ether oxygens (including phenoxy) is 1. The third-order valence-corrected chi connectivity index (χ3v) is 4.43. The maximum absolute atomic E-state index is 12.6. The fraction of sp³-hybridized carbons (Fsp3) is 0.158. The predicted molar refractivity (Wildman–Crippen MR) is 99.8 cm³/mol. The molecule has 0 aliphatic carbocycles. The van der Waals surface area contributed by atoms with E-state index >= 15 is 0 Å². The van der Waals surface area contributed by atoms with Crippen molar-refractivity contribution in [2.24, 2.45) is 0 Å². The molecule has 0 saturated carbocycles.